The average Bonchev–Trinajstić information content (AvgIpc) is 2.92. The molecule has 36 heavy (non-hydrogen) atoms. The first-order chi connectivity index (χ1) is 17.6. The van der Waals surface area contributed by atoms with Crippen LogP contribution in [0.4, 0.5) is 0 Å². The number of fused-ring (bicyclic) bond motifs is 1. The second-order valence-electron chi connectivity index (χ2n) is 8.97. The van der Waals surface area contributed by atoms with Crippen molar-refractivity contribution in [1.82, 2.24) is 9.66 Å². The number of benzene rings is 3. The Balaban J connectivity index is 1.45. The molecule has 0 saturated heterocycles. The number of rotatable bonds is 7. The molecule has 0 bridgehead atoms. The molecule has 5 rings (SSSR count). The van der Waals surface area contributed by atoms with E-state index >= 15 is 0 Å². The zero-order valence-corrected chi connectivity index (χ0v) is 20.9. The van der Waals surface area contributed by atoms with Crippen LogP contribution in [0.5, 0.6) is 11.5 Å². The van der Waals surface area contributed by atoms with Crippen molar-refractivity contribution in [1.29, 1.82) is 0 Å². The summed E-state index contributed by atoms with van der Waals surface area (Å²) in [6.07, 6.45) is 7.22. The predicted octanol–water partition coefficient (Wildman–Crippen LogP) is 6.57. The minimum Gasteiger partial charge on any atom is -0.493 e. The number of hydrogen-bond donors (Lipinski definition) is 0. The molecule has 0 radical (unpaired) electrons. The molecule has 1 saturated carbocycles. The van der Waals surface area contributed by atoms with Crippen molar-refractivity contribution in [2.24, 2.45) is 5.10 Å². The first-order valence-electron chi connectivity index (χ1n) is 12.2. The van der Waals surface area contributed by atoms with Crippen molar-refractivity contribution in [3.05, 3.63) is 99.1 Å². The maximum atomic E-state index is 13.4. The van der Waals surface area contributed by atoms with E-state index in [9.17, 15) is 4.79 Å². The minimum atomic E-state index is -0.149. The third-order valence-electron chi connectivity index (χ3n) is 6.60. The maximum Gasteiger partial charge on any atom is 0.282 e. The lowest BCUT2D eigenvalue weighted by Gasteiger charge is -2.22. The molecule has 0 aliphatic heterocycles. The van der Waals surface area contributed by atoms with Crippen LogP contribution in [0.2, 0.25) is 5.02 Å². The number of hydrogen-bond acceptors (Lipinski definition) is 5. The van der Waals surface area contributed by atoms with Crippen molar-refractivity contribution in [2.45, 2.75) is 44.6 Å². The summed E-state index contributed by atoms with van der Waals surface area (Å²) in [7, 11) is 1.59. The van der Waals surface area contributed by atoms with Crippen molar-refractivity contribution >= 4 is 28.7 Å². The molecule has 0 atom stereocenters. The van der Waals surface area contributed by atoms with Gasteiger partial charge in [0, 0.05) is 16.5 Å². The smallest absolute Gasteiger partial charge is 0.282 e. The molecule has 1 aliphatic rings. The summed E-state index contributed by atoms with van der Waals surface area (Å²) in [6, 6.07) is 20.6. The van der Waals surface area contributed by atoms with E-state index in [2.05, 4.69) is 5.10 Å². The van der Waals surface area contributed by atoms with Crippen LogP contribution in [0.25, 0.3) is 10.9 Å². The lowest BCUT2D eigenvalue weighted by Crippen LogP contribution is -2.25. The van der Waals surface area contributed by atoms with Crippen LogP contribution in [-0.2, 0) is 6.61 Å². The van der Waals surface area contributed by atoms with Gasteiger partial charge < -0.3 is 9.47 Å². The van der Waals surface area contributed by atoms with E-state index < -0.39 is 0 Å². The van der Waals surface area contributed by atoms with Gasteiger partial charge in [-0.05, 0) is 54.8 Å². The van der Waals surface area contributed by atoms with Crippen LogP contribution in [-0.4, -0.2) is 23.0 Å². The van der Waals surface area contributed by atoms with E-state index in [1.54, 1.807) is 19.4 Å². The Kier molecular flexibility index (Phi) is 7.33. The third-order valence-corrected chi connectivity index (χ3v) is 6.97. The lowest BCUT2D eigenvalue weighted by molar-refractivity contribution is 0.284. The molecular formula is C29H28ClN3O3. The molecular weight excluding hydrogens is 474 g/mol. The van der Waals surface area contributed by atoms with E-state index in [1.807, 2.05) is 60.7 Å². The molecule has 0 spiro atoms. The Labute approximate surface area is 215 Å². The van der Waals surface area contributed by atoms with Gasteiger partial charge in [-0.25, -0.2) is 4.98 Å². The summed E-state index contributed by atoms with van der Waals surface area (Å²) < 4.78 is 13.0. The summed E-state index contributed by atoms with van der Waals surface area (Å²) in [5, 5.41) is 5.84. The fourth-order valence-corrected chi connectivity index (χ4v) is 4.85. The quantitative estimate of drug-likeness (QED) is 0.269. The number of para-hydroxylation sites is 1. The Hall–Kier alpha value is -3.64. The van der Waals surface area contributed by atoms with Gasteiger partial charge in [-0.3, -0.25) is 4.79 Å². The van der Waals surface area contributed by atoms with Gasteiger partial charge in [0.15, 0.2) is 11.5 Å². The first-order valence-corrected chi connectivity index (χ1v) is 12.6. The molecule has 184 valence electrons. The van der Waals surface area contributed by atoms with Crippen LogP contribution in [0.1, 0.15) is 55.0 Å². The monoisotopic (exact) mass is 501 g/mol. The molecule has 1 aliphatic carbocycles. The van der Waals surface area contributed by atoms with Crippen molar-refractivity contribution in [2.75, 3.05) is 7.11 Å². The molecule has 0 N–H and O–H groups in total. The molecule has 0 unspecified atom stereocenters. The third kappa shape index (κ3) is 5.14. The number of methoxy groups -OCH3 is 1. The van der Waals surface area contributed by atoms with E-state index in [4.69, 9.17) is 26.1 Å². The topological polar surface area (TPSA) is 65.7 Å². The highest BCUT2D eigenvalue weighted by atomic mass is 35.5. The summed E-state index contributed by atoms with van der Waals surface area (Å²) in [5.41, 5.74) is 2.25. The average molecular weight is 502 g/mol. The summed E-state index contributed by atoms with van der Waals surface area (Å²) in [5.74, 6) is 2.13. The van der Waals surface area contributed by atoms with Crippen molar-refractivity contribution in [3.8, 4) is 11.5 Å². The van der Waals surface area contributed by atoms with Crippen LogP contribution >= 0.6 is 11.6 Å². The molecule has 1 heterocycles. The number of halogens is 1. The lowest BCUT2D eigenvalue weighted by atomic mass is 9.88. The van der Waals surface area contributed by atoms with Crippen molar-refractivity contribution in [3.63, 3.8) is 0 Å². The van der Waals surface area contributed by atoms with Gasteiger partial charge in [0.1, 0.15) is 12.4 Å². The number of nitrogens with zero attached hydrogens (tertiary/aromatic N) is 3. The Morgan fingerprint density at radius 2 is 1.81 bits per heavy atom. The van der Waals surface area contributed by atoms with Crippen LogP contribution in [0.15, 0.2) is 76.6 Å². The second kappa shape index (κ2) is 11.0. The van der Waals surface area contributed by atoms with E-state index in [1.165, 1.54) is 11.1 Å². The summed E-state index contributed by atoms with van der Waals surface area (Å²) in [6.45, 7) is 0.326. The summed E-state index contributed by atoms with van der Waals surface area (Å²) >= 11 is 6.25. The maximum absolute atomic E-state index is 13.4. The molecule has 6 nitrogen and oxygen atoms in total. The number of ether oxygens (including phenoxy) is 2. The highest BCUT2D eigenvalue weighted by Crippen LogP contribution is 2.32. The van der Waals surface area contributed by atoms with Gasteiger partial charge in [-0.15, -0.1) is 0 Å². The van der Waals surface area contributed by atoms with Gasteiger partial charge in [0.05, 0.1) is 24.2 Å². The van der Waals surface area contributed by atoms with Gasteiger partial charge in [0.25, 0.3) is 5.56 Å². The molecule has 1 fully saturated rings. The Morgan fingerprint density at radius 3 is 2.61 bits per heavy atom. The summed E-state index contributed by atoms with van der Waals surface area (Å²) in [4.78, 5) is 18.3. The molecule has 1 aromatic heterocycles. The second-order valence-corrected chi connectivity index (χ2v) is 9.38. The Morgan fingerprint density at radius 1 is 1.03 bits per heavy atom. The van der Waals surface area contributed by atoms with Gasteiger partial charge in [0.2, 0.25) is 0 Å². The fourth-order valence-electron chi connectivity index (χ4n) is 4.66. The Bertz CT molecular complexity index is 1460. The fraction of sp³-hybridized carbons (Fsp3) is 0.276. The normalized spacial score (nSPS) is 14.4. The van der Waals surface area contributed by atoms with Gasteiger partial charge in [-0.1, -0.05) is 61.2 Å². The highest BCUT2D eigenvalue weighted by Gasteiger charge is 2.22. The molecule has 7 heteroatoms. The van der Waals surface area contributed by atoms with E-state index in [-0.39, 0.29) is 11.5 Å². The van der Waals surface area contributed by atoms with Gasteiger partial charge >= 0.3 is 0 Å². The van der Waals surface area contributed by atoms with Crippen LogP contribution in [0.3, 0.4) is 0 Å². The van der Waals surface area contributed by atoms with E-state index in [0.717, 1.165) is 48.2 Å². The predicted molar refractivity (Wildman–Crippen MR) is 144 cm³/mol. The standard InChI is InChI=1S/C29H28ClN3O3/c1-35-27-17-20(15-16-26(27)36-19-22-11-5-7-13-24(22)30)18-31-33-28(21-9-3-2-4-10-21)32-25-14-8-6-12-23(25)29(33)34/h5-8,11-18,21H,2-4,9-10,19H2,1H3. The SMILES string of the molecule is COc1cc(C=Nn2c(C3CCCCC3)nc3ccccc3c2=O)ccc1OCc1ccccc1Cl. The largest absolute Gasteiger partial charge is 0.493 e. The van der Waals surface area contributed by atoms with Crippen LogP contribution < -0.4 is 15.0 Å². The zero-order valence-electron chi connectivity index (χ0n) is 20.2. The van der Waals surface area contributed by atoms with Gasteiger partial charge in [-0.2, -0.15) is 9.78 Å². The zero-order chi connectivity index (χ0) is 24.9. The number of aromatic nitrogens is 2. The first kappa shape index (κ1) is 24.1. The molecule has 3 aromatic carbocycles. The van der Waals surface area contributed by atoms with E-state index in [0.29, 0.717) is 28.5 Å². The highest BCUT2D eigenvalue weighted by molar-refractivity contribution is 6.31. The molecule has 0 amide bonds. The molecule has 4 aromatic rings. The van der Waals surface area contributed by atoms with Crippen LogP contribution in [0, 0.1) is 0 Å². The van der Waals surface area contributed by atoms with Crippen molar-refractivity contribution < 1.29 is 9.47 Å². The minimum absolute atomic E-state index is 0.149.